The van der Waals surface area contributed by atoms with E-state index in [1.54, 1.807) is 6.20 Å². The Morgan fingerprint density at radius 2 is 2.56 bits per heavy atom. The molecule has 18 heavy (non-hydrogen) atoms. The number of rotatable bonds is 4. The van der Waals surface area contributed by atoms with Crippen LogP contribution in [0.25, 0.3) is 0 Å². The summed E-state index contributed by atoms with van der Waals surface area (Å²) in [7, 11) is 0. The van der Waals surface area contributed by atoms with Crippen LogP contribution in [0, 0.1) is 11.3 Å². The van der Waals surface area contributed by atoms with Gasteiger partial charge in [0.25, 0.3) is 5.91 Å². The van der Waals surface area contributed by atoms with Crippen LogP contribution in [-0.2, 0) is 0 Å². The van der Waals surface area contributed by atoms with E-state index < -0.39 is 0 Å². The molecule has 0 saturated carbocycles. The molecule has 1 atom stereocenters. The maximum atomic E-state index is 12.0. The van der Waals surface area contributed by atoms with Gasteiger partial charge in [0.15, 0.2) is 0 Å². The summed E-state index contributed by atoms with van der Waals surface area (Å²) >= 11 is 1.51. The van der Waals surface area contributed by atoms with Gasteiger partial charge in [-0.25, -0.2) is 4.98 Å². The van der Waals surface area contributed by atoms with E-state index in [9.17, 15) is 4.79 Å². The van der Waals surface area contributed by atoms with E-state index in [4.69, 9.17) is 5.26 Å². The van der Waals surface area contributed by atoms with Gasteiger partial charge >= 0.3 is 0 Å². The van der Waals surface area contributed by atoms with Crippen molar-refractivity contribution < 1.29 is 4.79 Å². The number of aromatic amines is 1. The van der Waals surface area contributed by atoms with Crippen LogP contribution >= 0.6 is 11.3 Å². The number of hydrogen-bond donors (Lipinski definition) is 2. The van der Waals surface area contributed by atoms with E-state index in [0.29, 0.717) is 11.3 Å². The third-order valence-electron chi connectivity index (χ3n) is 2.52. The Morgan fingerprint density at radius 3 is 3.11 bits per heavy atom. The molecule has 2 rings (SSSR count). The van der Waals surface area contributed by atoms with Gasteiger partial charge in [-0.2, -0.15) is 5.26 Å². The SMILES string of the molecule is CCC(NC(=O)c1cc(C#N)c[nH]1)c1nccs1. The molecule has 1 unspecified atom stereocenters. The normalized spacial score (nSPS) is 11.8. The van der Waals surface area contributed by atoms with Crippen molar-refractivity contribution in [1.82, 2.24) is 15.3 Å². The number of thiazole rings is 1. The molecule has 0 spiro atoms. The van der Waals surface area contributed by atoms with Crippen LogP contribution in [0.3, 0.4) is 0 Å². The van der Waals surface area contributed by atoms with E-state index in [-0.39, 0.29) is 11.9 Å². The number of carbonyl (C=O) groups excluding carboxylic acids is 1. The fourth-order valence-corrected chi connectivity index (χ4v) is 2.34. The molecular formula is C12H12N4OS. The first kappa shape index (κ1) is 12.3. The van der Waals surface area contributed by atoms with Gasteiger partial charge in [-0.15, -0.1) is 11.3 Å². The monoisotopic (exact) mass is 260 g/mol. The molecule has 2 aromatic heterocycles. The summed E-state index contributed by atoms with van der Waals surface area (Å²) < 4.78 is 0. The van der Waals surface area contributed by atoms with Crippen LogP contribution in [0.5, 0.6) is 0 Å². The van der Waals surface area contributed by atoms with E-state index in [2.05, 4.69) is 15.3 Å². The fourth-order valence-electron chi connectivity index (χ4n) is 1.57. The maximum absolute atomic E-state index is 12.0. The second-order valence-electron chi connectivity index (χ2n) is 3.72. The van der Waals surface area contributed by atoms with Crippen LogP contribution in [0.4, 0.5) is 0 Å². The first-order valence-corrected chi connectivity index (χ1v) is 6.41. The van der Waals surface area contributed by atoms with Crippen molar-refractivity contribution in [2.24, 2.45) is 0 Å². The Morgan fingerprint density at radius 1 is 1.72 bits per heavy atom. The number of hydrogen-bond acceptors (Lipinski definition) is 4. The van der Waals surface area contributed by atoms with Crippen LogP contribution < -0.4 is 5.32 Å². The second-order valence-corrected chi connectivity index (χ2v) is 4.64. The standard InChI is InChI=1S/C12H12N4OS/c1-2-9(12-14-3-4-18-12)16-11(17)10-5-8(6-13)7-15-10/h3-5,7,9,15H,2H2,1H3,(H,16,17). The Bertz CT molecular complexity index is 567. The lowest BCUT2D eigenvalue weighted by molar-refractivity contribution is 0.0931. The first-order chi connectivity index (χ1) is 8.74. The number of H-pyrrole nitrogens is 1. The summed E-state index contributed by atoms with van der Waals surface area (Å²) in [6.45, 7) is 1.99. The Balaban J connectivity index is 2.08. The molecule has 1 amide bonds. The number of nitrogens with zero attached hydrogens (tertiary/aromatic N) is 2. The predicted octanol–water partition coefficient (Wildman–Crippen LogP) is 2.22. The summed E-state index contributed by atoms with van der Waals surface area (Å²) in [5.74, 6) is -0.224. The van der Waals surface area contributed by atoms with Crippen LogP contribution in [0.2, 0.25) is 0 Å². The van der Waals surface area contributed by atoms with Crippen LogP contribution in [0.1, 0.15) is 40.4 Å². The number of amides is 1. The number of aromatic nitrogens is 2. The van der Waals surface area contributed by atoms with Crippen LogP contribution in [0.15, 0.2) is 23.8 Å². The molecular weight excluding hydrogens is 248 g/mol. The minimum atomic E-state index is -0.224. The van der Waals surface area contributed by atoms with Crippen molar-refractivity contribution >= 4 is 17.2 Å². The molecule has 0 aliphatic carbocycles. The van der Waals surface area contributed by atoms with E-state index in [0.717, 1.165) is 11.4 Å². The lowest BCUT2D eigenvalue weighted by Gasteiger charge is -2.13. The van der Waals surface area contributed by atoms with Gasteiger partial charge in [0, 0.05) is 17.8 Å². The van der Waals surface area contributed by atoms with Gasteiger partial charge in [-0.05, 0) is 12.5 Å². The summed E-state index contributed by atoms with van der Waals surface area (Å²) in [5.41, 5.74) is 0.837. The molecule has 5 nitrogen and oxygen atoms in total. The van der Waals surface area contributed by atoms with Crippen molar-refractivity contribution in [1.29, 1.82) is 5.26 Å². The smallest absolute Gasteiger partial charge is 0.268 e. The highest BCUT2D eigenvalue weighted by Gasteiger charge is 2.17. The van der Waals surface area contributed by atoms with E-state index in [1.165, 1.54) is 23.6 Å². The molecule has 0 radical (unpaired) electrons. The highest BCUT2D eigenvalue weighted by atomic mass is 32.1. The molecule has 0 aromatic carbocycles. The number of nitrogens with one attached hydrogen (secondary N) is 2. The molecule has 2 heterocycles. The number of carbonyl (C=O) groups is 1. The van der Waals surface area contributed by atoms with Crippen molar-refractivity contribution in [3.63, 3.8) is 0 Å². The Kier molecular flexibility index (Phi) is 3.75. The zero-order valence-electron chi connectivity index (χ0n) is 9.80. The molecule has 92 valence electrons. The van der Waals surface area contributed by atoms with E-state index >= 15 is 0 Å². The molecule has 6 heteroatoms. The molecule has 0 saturated heterocycles. The molecule has 2 aromatic rings. The third-order valence-corrected chi connectivity index (χ3v) is 3.41. The number of nitriles is 1. The Labute approximate surface area is 108 Å². The van der Waals surface area contributed by atoms with Gasteiger partial charge in [0.05, 0.1) is 11.6 Å². The third kappa shape index (κ3) is 2.57. The summed E-state index contributed by atoms with van der Waals surface area (Å²) in [6, 6.07) is 3.42. The largest absolute Gasteiger partial charge is 0.356 e. The second kappa shape index (κ2) is 5.47. The van der Waals surface area contributed by atoms with Gasteiger partial charge in [-0.1, -0.05) is 6.92 Å². The average Bonchev–Trinajstić information content (AvgIpc) is 3.05. The molecule has 0 fully saturated rings. The molecule has 2 N–H and O–H groups in total. The van der Waals surface area contributed by atoms with Gasteiger partial charge in [0.1, 0.15) is 16.8 Å². The summed E-state index contributed by atoms with van der Waals surface area (Å²) in [4.78, 5) is 18.9. The van der Waals surface area contributed by atoms with Crippen molar-refractivity contribution in [2.45, 2.75) is 19.4 Å². The predicted molar refractivity (Wildman–Crippen MR) is 68.1 cm³/mol. The van der Waals surface area contributed by atoms with Crippen molar-refractivity contribution in [3.05, 3.63) is 40.1 Å². The highest BCUT2D eigenvalue weighted by Crippen LogP contribution is 2.19. The Hall–Kier alpha value is -2.13. The van der Waals surface area contributed by atoms with Crippen molar-refractivity contribution in [2.75, 3.05) is 0 Å². The minimum Gasteiger partial charge on any atom is -0.356 e. The lowest BCUT2D eigenvalue weighted by Crippen LogP contribution is -2.28. The average molecular weight is 260 g/mol. The van der Waals surface area contributed by atoms with Gasteiger partial charge in [0.2, 0.25) is 0 Å². The zero-order valence-corrected chi connectivity index (χ0v) is 10.6. The molecule has 0 aliphatic heterocycles. The quantitative estimate of drug-likeness (QED) is 0.884. The zero-order chi connectivity index (χ0) is 13.0. The maximum Gasteiger partial charge on any atom is 0.268 e. The van der Waals surface area contributed by atoms with Crippen molar-refractivity contribution in [3.8, 4) is 6.07 Å². The fraction of sp³-hybridized carbons (Fsp3) is 0.250. The minimum absolute atomic E-state index is 0.0914. The molecule has 0 bridgehead atoms. The lowest BCUT2D eigenvalue weighted by atomic mass is 10.2. The van der Waals surface area contributed by atoms with Crippen LogP contribution in [-0.4, -0.2) is 15.9 Å². The van der Waals surface area contributed by atoms with Gasteiger partial charge < -0.3 is 10.3 Å². The topological polar surface area (TPSA) is 81.6 Å². The van der Waals surface area contributed by atoms with Gasteiger partial charge in [-0.3, -0.25) is 4.79 Å². The molecule has 0 aliphatic rings. The van der Waals surface area contributed by atoms with E-state index in [1.807, 2.05) is 18.4 Å². The first-order valence-electron chi connectivity index (χ1n) is 5.53. The summed E-state index contributed by atoms with van der Waals surface area (Å²) in [6.07, 6.45) is 4.00. The highest BCUT2D eigenvalue weighted by molar-refractivity contribution is 7.09. The summed E-state index contributed by atoms with van der Waals surface area (Å²) in [5, 5.41) is 14.4.